The highest BCUT2D eigenvalue weighted by molar-refractivity contribution is 5.86. The van der Waals surface area contributed by atoms with Gasteiger partial charge in [-0.15, -0.1) is 0 Å². The molecule has 35 heavy (non-hydrogen) atoms. The first-order valence-electron chi connectivity index (χ1n) is 11.5. The molecule has 2 heterocycles. The number of hydrogen-bond donors (Lipinski definition) is 2. The Morgan fingerprint density at radius 1 is 1.06 bits per heavy atom. The Hall–Kier alpha value is -4.04. The number of H-pyrrole nitrogens is 1. The number of nitrogens with two attached hydrogens (primary N) is 1. The number of hydrogen-bond acceptors (Lipinski definition) is 5. The molecular formula is C27H28N3O5+. The molecule has 1 aliphatic heterocycles. The Balaban J connectivity index is 1.45. The molecule has 8 heteroatoms. The Bertz CT molecular complexity index is 1410. The van der Waals surface area contributed by atoms with Crippen LogP contribution in [0.3, 0.4) is 0 Å². The van der Waals surface area contributed by atoms with Crippen LogP contribution in [0.25, 0.3) is 10.9 Å². The van der Waals surface area contributed by atoms with Crippen LogP contribution in [0.1, 0.15) is 34.0 Å². The van der Waals surface area contributed by atoms with Crippen molar-refractivity contribution in [1.82, 2.24) is 4.98 Å². The van der Waals surface area contributed by atoms with Gasteiger partial charge in [0.2, 0.25) is 0 Å². The monoisotopic (exact) mass is 474 g/mol. The summed E-state index contributed by atoms with van der Waals surface area (Å²) >= 11 is 0. The summed E-state index contributed by atoms with van der Waals surface area (Å²) in [6.45, 7) is 2.98. The lowest BCUT2D eigenvalue weighted by Gasteiger charge is -2.22. The maximum atomic E-state index is 11.1. The van der Waals surface area contributed by atoms with Gasteiger partial charge in [0.15, 0.2) is 6.04 Å². The van der Waals surface area contributed by atoms with Crippen LogP contribution in [-0.4, -0.2) is 30.7 Å². The summed E-state index contributed by atoms with van der Waals surface area (Å²) in [4.78, 5) is 14.3. The third-order valence-corrected chi connectivity index (χ3v) is 6.68. The largest absolute Gasteiger partial charge is 0.497 e. The molecule has 5 rings (SSSR count). The number of quaternary nitrogens is 1. The molecule has 0 bridgehead atoms. The number of benzene rings is 3. The number of fused-ring (bicyclic) bond motifs is 3. The van der Waals surface area contributed by atoms with Crippen LogP contribution in [0.2, 0.25) is 0 Å². The number of aromatic nitrogens is 1. The second kappa shape index (κ2) is 9.31. The summed E-state index contributed by atoms with van der Waals surface area (Å²) in [5.74, 6) is 2.18. The molecule has 0 saturated heterocycles. The van der Waals surface area contributed by atoms with E-state index in [0.29, 0.717) is 11.3 Å². The van der Waals surface area contributed by atoms with E-state index in [-0.39, 0.29) is 23.3 Å². The quantitative estimate of drug-likeness (QED) is 0.309. The van der Waals surface area contributed by atoms with Gasteiger partial charge in [0.05, 0.1) is 31.4 Å². The van der Waals surface area contributed by atoms with Gasteiger partial charge in [0.1, 0.15) is 23.9 Å². The molecular weight excluding hydrogens is 446 g/mol. The third kappa shape index (κ3) is 4.28. The summed E-state index contributed by atoms with van der Waals surface area (Å²) in [6, 6.07) is 17.3. The topological polar surface area (TPSA) is 103 Å². The molecule has 1 unspecified atom stereocenters. The lowest BCUT2D eigenvalue weighted by Crippen LogP contribution is -2.87. The molecule has 1 aliphatic rings. The van der Waals surface area contributed by atoms with Gasteiger partial charge in [-0.1, -0.05) is 0 Å². The molecule has 8 nitrogen and oxygen atoms in total. The second-order valence-electron chi connectivity index (χ2n) is 8.75. The molecule has 0 fully saturated rings. The van der Waals surface area contributed by atoms with E-state index in [4.69, 9.17) is 14.2 Å². The van der Waals surface area contributed by atoms with E-state index in [2.05, 4.69) is 34.6 Å². The molecule has 180 valence electrons. The van der Waals surface area contributed by atoms with Gasteiger partial charge in [-0.25, -0.2) is 0 Å². The number of nitrogens with zero attached hydrogens (tertiary/aromatic N) is 1. The average molecular weight is 475 g/mol. The third-order valence-electron chi connectivity index (χ3n) is 6.68. The van der Waals surface area contributed by atoms with E-state index in [0.717, 1.165) is 41.1 Å². The van der Waals surface area contributed by atoms with E-state index in [1.165, 1.54) is 22.7 Å². The Morgan fingerprint density at radius 3 is 2.63 bits per heavy atom. The van der Waals surface area contributed by atoms with Gasteiger partial charge in [-0.3, -0.25) is 10.1 Å². The first-order chi connectivity index (χ1) is 17.0. The Kier molecular flexibility index (Phi) is 6.05. The zero-order valence-electron chi connectivity index (χ0n) is 20.0. The van der Waals surface area contributed by atoms with Gasteiger partial charge in [-0.05, 0) is 61.0 Å². The molecule has 3 N–H and O–H groups in total. The minimum absolute atomic E-state index is 0.0801. The van der Waals surface area contributed by atoms with E-state index >= 15 is 0 Å². The van der Waals surface area contributed by atoms with Gasteiger partial charge in [-0.2, -0.15) is 0 Å². The summed E-state index contributed by atoms with van der Waals surface area (Å²) in [5, 5.41) is 14.7. The molecule has 0 saturated carbocycles. The zero-order valence-corrected chi connectivity index (χ0v) is 20.0. The predicted octanol–water partition coefficient (Wildman–Crippen LogP) is 4.19. The number of nitrogens with one attached hydrogen (secondary N) is 1. The van der Waals surface area contributed by atoms with Crippen LogP contribution in [-0.2, 0) is 13.0 Å². The zero-order chi connectivity index (χ0) is 24.5. The number of methoxy groups -OCH3 is 2. The van der Waals surface area contributed by atoms with Crippen molar-refractivity contribution in [2.24, 2.45) is 0 Å². The number of ether oxygens (including phenoxy) is 3. The lowest BCUT2D eigenvalue weighted by molar-refractivity contribution is -0.690. The molecule has 0 amide bonds. The molecule has 0 spiro atoms. The fourth-order valence-electron chi connectivity index (χ4n) is 4.91. The number of aromatic amines is 1. The van der Waals surface area contributed by atoms with Crippen molar-refractivity contribution in [3.63, 3.8) is 0 Å². The first kappa shape index (κ1) is 22.7. The fraction of sp³-hybridized carbons (Fsp3) is 0.259. The first-order valence-corrected chi connectivity index (χ1v) is 11.5. The van der Waals surface area contributed by atoms with Crippen LogP contribution in [0.5, 0.6) is 17.2 Å². The van der Waals surface area contributed by atoms with Crippen molar-refractivity contribution in [3.05, 3.63) is 92.7 Å². The van der Waals surface area contributed by atoms with Crippen LogP contribution >= 0.6 is 0 Å². The maximum absolute atomic E-state index is 11.1. The minimum Gasteiger partial charge on any atom is -0.497 e. The maximum Gasteiger partial charge on any atom is 0.272 e. The SMILES string of the molecule is COc1ccc2[nH]c3c(c2c1)CC[NH2+]C3c1ccc(OC)c(COc2ccc([N+](=O)[O-])c(C)c2)c1. The molecule has 1 aromatic heterocycles. The minimum atomic E-state index is -0.388. The smallest absolute Gasteiger partial charge is 0.272 e. The second-order valence-corrected chi connectivity index (χ2v) is 8.75. The van der Waals surface area contributed by atoms with Crippen LogP contribution in [0, 0.1) is 17.0 Å². The summed E-state index contributed by atoms with van der Waals surface area (Å²) in [5.41, 5.74) is 6.37. The van der Waals surface area contributed by atoms with Crippen molar-refractivity contribution in [2.45, 2.75) is 26.0 Å². The van der Waals surface area contributed by atoms with E-state index < -0.39 is 0 Å². The van der Waals surface area contributed by atoms with E-state index in [1.807, 2.05) is 12.1 Å². The molecule has 0 aliphatic carbocycles. The van der Waals surface area contributed by atoms with Crippen LogP contribution < -0.4 is 19.5 Å². The standard InChI is InChI=1S/C27H27N3O5/c1-16-12-20(6-8-24(16)30(31)32)35-15-18-13-17(4-9-25(18)34-3)26-27-21(10-11-28-26)22-14-19(33-2)5-7-23(22)29-27/h4-9,12-14,26,28-29H,10-11,15H2,1-3H3/p+1. The van der Waals surface area contributed by atoms with Crippen LogP contribution in [0.4, 0.5) is 5.69 Å². The molecule has 1 atom stereocenters. The van der Waals surface area contributed by atoms with Gasteiger partial charge >= 0.3 is 0 Å². The number of rotatable bonds is 7. The highest BCUT2D eigenvalue weighted by Crippen LogP contribution is 2.34. The average Bonchev–Trinajstić information content (AvgIpc) is 3.25. The van der Waals surface area contributed by atoms with Gasteiger partial charge in [0.25, 0.3) is 5.69 Å². The summed E-state index contributed by atoms with van der Waals surface area (Å²) in [7, 11) is 3.33. The molecule has 3 aromatic carbocycles. The van der Waals surface area contributed by atoms with Crippen molar-refractivity contribution in [3.8, 4) is 17.2 Å². The van der Waals surface area contributed by atoms with Crippen molar-refractivity contribution in [2.75, 3.05) is 20.8 Å². The highest BCUT2D eigenvalue weighted by atomic mass is 16.6. The number of nitro benzene ring substituents is 1. The Labute approximate surface area is 203 Å². The van der Waals surface area contributed by atoms with Gasteiger partial charge < -0.3 is 24.5 Å². The number of aryl methyl sites for hydroxylation is 1. The van der Waals surface area contributed by atoms with E-state index in [1.54, 1.807) is 33.3 Å². The highest BCUT2D eigenvalue weighted by Gasteiger charge is 2.29. The summed E-state index contributed by atoms with van der Waals surface area (Å²) in [6.07, 6.45) is 0.991. The van der Waals surface area contributed by atoms with Crippen molar-refractivity contribution >= 4 is 16.6 Å². The van der Waals surface area contributed by atoms with Gasteiger partial charge in [0, 0.05) is 40.1 Å². The predicted molar refractivity (Wildman–Crippen MR) is 132 cm³/mol. The van der Waals surface area contributed by atoms with Crippen molar-refractivity contribution < 1.29 is 24.5 Å². The normalized spacial score (nSPS) is 15.0. The molecule has 0 radical (unpaired) electrons. The Morgan fingerprint density at radius 2 is 1.89 bits per heavy atom. The molecule has 4 aromatic rings. The van der Waals surface area contributed by atoms with E-state index in [9.17, 15) is 10.1 Å². The fourth-order valence-corrected chi connectivity index (χ4v) is 4.91. The lowest BCUT2D eigenvalue weighted by atomic mass is 9.93. The van der Waals surface area contributed by atoms with Crippen LogP contribution in [0.15, 0.2) is 54.6 Å². The number of nitro groups is 1. The van der Waals surface area contributed by atoms with Crippen molar-refractivity contribution in [1.29, 1.82) is 0 Å². The summed E-state index contributed by atoms with van der Waals surface area (Å²) < 4.78 is 17.0.